The molecule has 1 aromatic carbocycles. The fourth-order valence-electron chi connectivity index (χ4n) is 3.04. The van der Waals surface area contributed by atoms with Gasteiger partial charge in [0.2, 0.25) is 0 Å². The molecule has 0 saturated carbocycles. The van der Waals surface area contributed by atoms with Gasteiger partial charge in [-0.1, -0.05) is 0 Å². The highest BCUT2D eigenvalue weighted by molar-refractivity contribution is 7.13. The molecule has 0 fully saturated rings. The Morgan fingerprint density at radius 2 is 2.13 bits per heavy atom. The van der Waals surface area contributed by atoms with Crippen LogP contribution < -0.4 is 5.32 Å². The molecular formula is C18H17FN2OS. The van der Waals surface area contributed by atoms with Gasteiger partial charge in [-0.3, -0.25) is 0 Å². The lowest BCUT2D eigenvalue weighted by atomic mass is 9.93. The van der Waals surface area contributed by atoms with Crippen molar-refractivity contribution in [2.45, 2.75) is 31.8 Å². The third-order valence-corrected chi connectivity index (χ3v) is 5.16. The van der Waals surface area contributed by atoms with E-state index in [0.717, 1.165) is 47.8 Å². The van der Waals surface area contributed by atoms with Gasteiger partial charge < -0.3 is 9.73 Å². The van der Waals surface area contributed by atoms with Gasteiger partial charge in [0, 0.05) is 35.5 Å². The van der Waals surface area contributed by atoms with E-state index >= 15 is 0 Å². The van der Waals surface area contributed by atoms with Crippen molar-refractivity contribution in [3.05, 3.63) is 64.8 Å². The predicted octanol–water partition coefficient (Wildman–Crippen LogP) is 4.71. The van der Waals surface area contributed by atoms with Crippen molar-refractivity contribution in [3.8, 4) is 10.6 Å². The fraction of sp³-hybridized carbons (Fsp3) is 0.278. The van der Waals surface area contributed by atoms with Crippen LogP contribution in [-0.4, -0.2) is 4.98 Å². The van der Waals surface area contributed by atoms with Crippen LogP contribution in [0.1, 0.15) is 35.9 Å². The molecule has 4 rings (SSSR count). The van der Waals surface area contributed by atoms with Gasteiger partial charge in [0.15, 0.2) is 0 Å². The summed E-state index contributed by atoms with van der Waals surface area (Å²) in [5, 5.41) is 6.56. The summed E-state index contributed by atoms with van der Waals surface area (Å²) in [5.41, 5.74) is 3.26. The summed E-state index contributed by atoms with van der Waals surface area (Å²) in [5.74, 6) is 0.888. The van der Waals surface area contributed by atoms with E-state index in [9.17, 15) is 4.39 Å². The third kappa shape index (κ3) is 3.07. The second kappa shape index (κ2) is 6.26. The number of benzene rings is 1. The van der Waals surface area contributed by atoms with E-state index in [1.807, 2.05) is 0 Å². The SMILES string of the molecule is Fc1ccc(-c2nc(CNC3CCCc4occc43)cs2)cc1. The molecule has 3 nitrogen and oxygen atoms in total. The van der Waals surface area contributed by atoms with Crippen molar-refractivity contribution in [3.63, 3.8) is 0 Å². The quantitative estimate of drug-likeness (QED) is 0.754. The number of aromatic nitrogens is 1. The molecule has 0 saturated heterocycles. The van der Waals surface area contributed by atoms with E-state index in [2.05, 4.69) is 21.7 Å². The lowest BCUT2D eigenvalue weighted by molar-refractivity contribution is 0.410. The van der Waals surface area contributed by atoms with E-state index in [1.165, 1.54) is 17.7 Å². The molecule has 2 aromatic heterocycles. The van der Waals surface area contributed by atoms with Crippen LogP contribution >= 0.6 is 11.3 Å². The maximum Gasteiger partial charge on any atom is 0.123 e. The highest BCUT2D eigenvalue weighted by atomic mass is 32.1. The molecule has 0 spiro atoms. The van der Waals surface area contributed by atoms with E-state index in [-0.39, 0.29) is 5.82 Å². The van der Waals surface area contributed by atoms with Crippen LogP contribution in [0.2, 0.25) is 0 Å². The van der Waals surface area contributed by atoms with Gasteiger partial charge >= 0.3 is 0 Å². The average Bonchev–Trinajstić information content (AvgIpc) is 3.23. The summed E-state index contributed by atoms with van der Waals surface area (Å²) in [6.45, 7) is 0.729. The molecule has 1 aliphatic carbocycles. The first kappa shape index (κ1) is 14.6. The van der Waals surface area contributed by atoms with Crippen LogP contribution in [0.4, 0.5) is 4.39 Å². The Bertz CT molecular complexity index is 793. The molecule has 2 heterocycles. The number of furan rings is 1. The number of aryl methyl sites for hydroxylation is 1. The molecular weight excluding hydrogens is 311 g/mol. The third-order valence-electron chi connectivity index (χ3n) is 4.22. The zero-order chi connectivity index (χ0) is 15.6. The fourth-order valence-corrected chi connectivity index (χ4v) is 3.87. The van der Waals surface area contributed by atoms with Crippen LogP contribution in [0.25, 0.3) is 10.6 Å². The average molecular weight is 328 g/mol. The van der Waals surface area contributed by atoms with E-state index in [4.69, 9.17) is 4.42 Å². The van der Waals surface area contributed by atoms with Crippen molar-refractivity contribution >= 4 is 11.3 Å². The smallest absolute Gasteiger partial charge is 0.123 e. The standard InChI is InChI=1S/C18H17FN2OS/c19-13-6-4-12(5-7-13)18-21-14(11-23-18)10-20-16-2-1-3-17-15(16)8-9-22-17/h4-9,11,16,20H,1-3,10H2. The number of hydrogen-bond acceptors (Lipinski definition) is 4. The van der Waals surface area contributed by atoms with Crippen LogP contribution in [0.5, 0.6) is 0 Å². The highest BCUT2D eigenvalue weighted by Crippen LogP contribution is 2.31. The van der Waals surface area contributed by atoms with E-state index < -0.39 is 0 Å². The Hall–Kier alpha value is -1.98. The molecule has 23 heavy (non-hydrogen) atoms. The summed E-state index contributed by atoms with van der Waals surface area (Å²) in [7, 11) is 0. The van der Waals surface area contributed by atoms with Gasteiger partial charge in [0.25, 0.3) is 0 Å². The van der Waals surface area contributed by atoms with Gasteiger partial charge in [-0.05, 0) is 43.2 Å². The second-order valence-electron chi connectivity index (χ2n) is 5.78. The minimum Gasteiger partial charge on any atom is -0.469 e. The minimum atomic E-state index is -0.222. The maximum absolute atomic E-state index is 13.0. The Labute approximate surface area is 138 Å². The van der Waals surface area contributed by atoms with Crippen LogP contribution in [0.15, 0.2) is 46.4 Å². The Morgan fingerprint density at radius 3 is 3.00 bits per heavy atom. The summed E-state index contributed by atoms with van der Waals surface area (Å²) in [6, 6.07) is 8.88. The summed E-state index contributed by atoms with van der Waals surface area (Å²) >= 11 is 1.59. The zero-order valence-electron chi connectivity index (χ0n) is 12.6. The first-order chi connectivity index (χ1) is 11.3. The lowest BCUT2D eigenvalue weighted by Gasteiger charge is -2.22. The summed E-state index contributed by atoms with van der Waals surface area (Å²) < 4.78 is 18.5. The molecule has 1 N–H and O–H groups in total. The zero-order valence-corrected chi connectivity index (χ0v) is 13.4. The summed E-state index contributed by atoms with van der Waals surface area (Å²) in [4.78, 5) is 4.65. The van der Waals surface area contributed by atoms with Gasteiger partial charge in [-0.2, -0.15) is 0 Å². The number of fused-ring (bicyclic) bond motifs is 1. The number of halogens is 1. The van der Waals surface area contributed by atoms with E-state index in [0.29, 0.717) is 6.04 Å². The topological polar surface area (TPSA) is 38.1 Å². The molecule has 1 unspecified atom stereocenters. The molecule has 0 amide bonds. The number of hydrogen-bond donors (Lipinski definition) is 1. The van der Waals surface area contributed by atoms with Crippen molar-refractivity contribution in [2.24, 2.45) is 0 Å². The molecule has 118 valence electrons. The van der Waals surface area contributed by atoms with Crippen molar-refractivity contribution in [1.82, 2.24) is 10.3 Å². The molecule has 3 aromatic rings. The molecule has 1 atom stereocenters. The van der Waals surface area contributed by atoms with Crippen LogP contribution in [-0.2, 0) is 13.0 Å². The highest BCUT2D eigenvalue weighted by Gasteiger charge is 2.22. The molecule has 0 aliphatic heterocycles. The Morgan fingerprint density at radius 1 is 1.26 bits per heavy atom. The maximum atomic E-state index is 13.0. The molecule has 1 aliphatic rings. The number of nitrogens with zero attached hydrogens (tertiary/aromatic N) is 1. The first-order valence-electron chi connectivity index (χ1n) is 7.79. The van der Waals surface area contributed by atoms with Crippen LogP contribution in [0, 0.1) is 5.82 Å². The van der Waals surface area contributed by atoms with E-state index in [1.54, 1.807) is 29.7 Å². The summed E-state index contributed by atoms with van der Waals surface area (Å²) in [6.07, 6.45) is 5.09. The largest absolute Gasteiger partial charge is 0.469 e. The van der Waals surface area contributed by atoms with Gasteiger partial charge in [0.1, 0.15) is 16.6 Å². The number of thiazole rings is 1. The number of rotatable bonds is 4. The minimum absolute atomic E-state index is 0.222. The van der Waals surface area contributed by atoms with Crippen molar-refractivity contribution in [1.29, 1.82) is 0 Å². The predicted molar refractivity (Wildman–Crippen MR) is 88.7 cm³/mol. The Balaban J connectivity index is 1.44. The monoisotopic (exact) mass is 328 g/mol. The van der Waals surface area contributed by atoms with Gasteiger partial charge in [-0.15, -0.1) is 11.3 Å². The van der Waals surface area contributed by atoms with Gasteiger partial charge in [-0.25, -0.2) is 9.37 Å². The van der Waals surface area contributed by atoms with Crippen LogP contribution in [0.3, 0.4) is 0 Å². The second-order valence-corrected chi connectivity index (χ2v) is 6.63. The molecule has 0 radical (unpaired) electrons. The van der Waals surface area contributed by atoms with Crippen molar-refractivity contribution < 1.29 is 8.81 Å². The number of nitrogens with one attached hydrogen (secondary N) is 1. The molecule has 5 heteroatoms. The normalized spacial score (nSPS) is 17.2. The Kier molecular flexibility index (Phi) is 3.97. The lowest BCUT2D eigenvalue weighted by Crippen LogP contribution is -2.24. The molecule has 0 bridgehead atoms. The van der Waals surface area contributed by atoms with Gasteiger partial charge in [0.05, 0.1) is 12.0 Å². The van der Waals surface area contributed by atoms with Crippen molar-refractivity contribution in [2.75, 3.05) is 0 Å². The first-order valence-corrected chi connectivity index (χ1v) is 8.67.